The van der Waals surface area contributed by atoms with Gasteiger partial charge in [0.1, 0.15) is 0 Å². The van der Waals surface area contributed by atoms with Crippen LogP contribution in [0, 0.1) is 0 Å². The third kappa shape index (κ3) is 2.15. The van der Waals surface area contributed by atoms with Crippen molar-refractivity contribution in [1.82, 2.24) is 4.98 Å². The fourth-order valence-electron chi connectivity index (χ4n) is 1.76. The molecule has 94 valence electrons. The summed E-state index contributed by atoms with van der Waals surface area (Å²) in [6, 6.07) is 11.1. The van der Waals surface area contributed by atoms with E-state index < -0.39 is 5.97 Å². The predicted octanol–water partition coefficient (Wildman–Crippen LogP) is 3.77. The quantitative estimate of drug-likeness (QED) is 0.787. The molecular weight excluding hydrogens is 262 g/mol. The van der Waals surface area contributed by atoms with E-state index in [1.54, 1.807) is 0 Å². The van der Waals surface area contributed by atoms with Crippen molar-refractivity contribution < 1.29 is 14.3 Å². The predicted molar refractivity (Wildman–Crippen MR) is 72.2 cm³/mol. The highest BCUT2D eigenvalue weighted by atomic mass is 32.1. The number of oxazole rings is 1. The molecule has 0 bridgehead atoms. The second-order valence-electron chi connectivity index (χ2n) is 3.88. The van der Waals surface area contributed by atoms with Gasteiger partial charge >= 0.3 is 5.97 Å². The summed E-state index contributed by atoms with van der Waals surface area (Å²) in [5, 5.41) is 12.9. The largest absolute Gasteiger partial charge is 0.476 e. The standard InChI is InChI=1S/C14H9NO3S/c16-14(17)11-12(10-6-7-19-8-10)18-13(15-11)9-4-2-1-3-5-9/h1-8H,(H,16,17). The summed E-state index contributed by atoms with van der Waals surface area (Å²) >= 11 is 1.48. The molecule has 4 nitrogen and oxygen atoms in total. The van der Waals surface area contributed by atoms with Gasteiger partial charge in [-0.1, -0.05) is 18.2 Å². The molecule has 0 fully saturated rings. The van der Waals surface area contributed by atoms with Gasteiger partial charge in [0.2, 0.25) is 5.89 Å². The molecule has 0 radical (unpaired) electrons. The molecule has 5 heteroatoms. The third-order valence-electron chi connectivity index (χ3n) is 2.63. The first-order valence-electron chi connectivity index (χ1n) is 5.58. The Hall–Kier alpha value is -2.40. The van der Waals surface area contributed by atoms with Crippen LogP contribution in [-0.4, -0.2) is 16.1 Å². The van der Waals surface area contributed by atoms with E-state index in [1.807, 2.05) is 47.2 Å². The number of nitrogens with zero attached hydrogens (tertiary/aromatic N) is 1. The molecule has 3 aromatic rings. The molecule has 0 aliphatic rings. The van der Waals surface area contributed by atoms with E-state index in [1.165, 1.54) is 11.3 Å². The molecule has 2 aromatic heterocycles. The van der Waals surface area contributed by atoms with Crippen LogP contribution in [0.25, 0.3) is 22.8 Å². The van der Waals surface area contributed by atoms with Gasteiger partial charge < -0.3 is 9.52 Å². The van der Waals surface area contributed by atoms with Crippen molar-refractivity contribution in [3.8, 4) is 22.8 Å². The number of aromatic carboxylic acids is 1. The van der Waals surface area contributed by atoms with Gasteiger partial charge in [0, 0.05) is 16.5 Å². The van der Waals surface area contributed by atoms with E-state index in [0.29, 0.717) is 11.7 Å². The average molecular weight is 271 g/mol. The van der Waals surface area contributed by atoms with Gasteiger partial charge in [-0.2, -0.15) is 11.3 Å². The van der Waals surface area contributed by atoms with Crippen molar-refractivity contribution in [2.24, 2.45) is 0 Å². The van der Waals surface area contributed by atoms with E-state index in [2.05, 4.69) is 4.98 Å². The minimum atomic E-state index is -1.09. The van der Waals surface area contributed by atoms with Crippen LogP contribution in [0.1, 0.15) is 10.5 Å². The Morgan fingerprint density at radius 2 is 1.95 bits per heavy atom. The van der Waals surface area contributed by atoms with E-state index in [-0.39, 0.29) is 5.69 Å². The van der Waals surface area contributed by atoms with Gasteiger partial charge in [-0.3, -0.25) is 0 Å². The summed E-state index contributed by atoms with van der Waals surface area (Å²) in [4.78, 5) is 15.3. The van der Waals surface area contributed by atoms with Crippen molar-refractivity contribution in [3.05, 3.63) is 52.9 Å². The number of hydrogen-bond donors (Lipinski definition) is 1. The SMILES string of the molecule is O=C(O)c1nc(-c2ccccc2)oc1-c1ccsc1. The zero-order valence-corrected chi connectivity index (χ0v) is 10.6. The van der Waals surface area contributed by atoms with Crippen LogP contribution in [0.5, 0.6) is 0 Å². The number of rotatable bonds is 3. The Balaban J connectivity index is 2.15. The Morgan fingerprint density at radius 3 is 2.58 bits per heavy atom. The maximum atomic E-state index is 11.2. The number of carbonyl (C=O) groups is 1. The number of benzene rings is 1. The van der Waals surface area contributed by atoms with E-state index in [9.17, 15) is 9.90 Å². The van der Waals surface area contributed by atoms with Crippen molar-refractivity contribution in [3.63, 3.8) is 0 Å². The lowest BCUT2D eigenvalue weighted by molar-refractivity contribution is 0.0691. The van der Waals surface area contributed by atoms with Crippen molar-refractivity contribution in [1.29, 1.82) is 0 Å². The molecule has 2 heterocycles. The number of thiophene rings is 1. The average Bonchev–Trinajstić information content (AvgIpc) is 3.08. The van der Waals surface area contributed by atoms with E-state index in [0.717, 1.165) is 11.1 Å². The fraction of sp³-hybridized carbons (Fsp3) is 0. The summed E-state index contributed by atoms with van der Waals surface area (Å²) < 4.78 is 5.62. The molecule has 0 aliphatic carbocycles. The van der Waals surface area contributed by atoms with Crippen molar-refractivity contribution in [2.75, 3.05) is 0 Å². The first-order chi connectivity index (χ1) is 9.25. The lowest BCUT2D eigenvalue weighted by Gasteiger charge is -1.93. The Morgan fingerprint density at radius 1 is 1.16 bits per heavy atom. The molecule has 3 rings (SSSR count). The van der Waals surface area contributed by atoms with Crippen LogP contribution < -0.4 is 0 Å². The van der Waals surface area contributed by atoms with Crippen LogP contribution in [-0.2, 0) is 0 Å². The molecule has 19 heavy (non-hydrogen) atoms. The molecule has 0 unspecified atom stereocenters. The Kier molecular flexibility index (Phi) is 2.89. The molecular formula is C14H9NO3S. The van der Waals surface area contributed by atoms with Crippen LogP contribution in [0.3, 0.4) is 0 Å². The third-order valence-corrected chi connectivity index (χ3v) is 3.32. The minimum absolute atomic E-state index is 0.0581. The van der Waals surface area contributed by atoms with Gasteiger partial charge in [0.05, 0.1) is 0 Å². The first-order valence-corrected chi connectivity index (χ1v) is 6.52. The zero-order chi connectivity index (χ0) is 13.2. The normalized spacial score (nSPS) is 10.5. The molecule has 1 N–H and O–H groups in total. The summed E-state index contributed by atoms with van der Waals surface area (Å²) in [6.07, 6.45) is 0. The van der Waals surface area contributed by atoms with Crippen LogP contribution in [0.2, 0.25) is 0 Å². The lowest BCUT2D eigenvalue weighted by Crippen LogP contribution is -1.98. The minimum Gasteiger partial charge on any atom is -0.476 e. The van der Waals surface area contributed by atoms with Crippen LogP contribution >= 0.6 is 11.3 Å². The summed E-state index contributed by atoms with van der Waals surface area (Å²) in [6.45, 7) is 0. The van der Waals surface area contributed by atoms with Crippen LogP contribution in [0.15, 0.2) is 51.6 Å². The summed E-state index contributed by atoms with van der Waals surface area (Å²) in [7, 11) is 0. The second-order valence-corrected chi connectivity index (χ2v) is 4.66. The number of carboxylic acid groups (broad SMARTS) is 1. The van der Waals surface area contributed by atoms with Gasteiger partial charge in [-0.05, 0) is 23.6 Å². The van der Waals surface area contributed by atoms with E-state index >= 15 is 0 Å². The highest BCUT2D eigenvalue weighted by Crippen LogP contribution is 2.30. The maximum absolute atomic E-state index is 11.2. The fourth-order valence-corrected chi connectivity index (χ4v) is 2.39. The topological polar surface area (TPSA) is 63.3 Å². The number of carboxylic acids is 1. The molecule has 0 aliphatic heterocycles. The van der Waals surface area contributed by atoms with Gasteiger partial charge in [0.25, 0.3) is 0 Å². The number of hydrogen-bond acceptors (Lipinski definition) is 4. The van der Waals surface area contributed by atoms with Crippen LogP contribution in [0.4, 0.5) is 0 Å². The monoisotopic (exact) mass is 271 g/mol. The summed E-state index contributed by atoms with van der Waals surface area (Å²) in [5.74, 6) is -0.473. The highest BCUT2D eigenvalue weighted by Gasteiger charge is 2.21. The smallest absolute Gasteiger partial charge is 0.358 e. The van der Waals surface area contributed by atoms with Crippen molar-refractivity contribution in [2.45, 2.75) is 0 Å². The molecule has 0 spiro atoms. The van der Waals surface area contributed by atoms with Gasteiger partial charge in [-0.15, -0.1) is 0 Å². The van der Waals surface area contributed by atoms with E-state index in [4.69, 9.17) is 4.42 Å². The van der Waals surface area contributed by atoms with Crippen molar-refractivity contribution >= 4 is 17.3 Å². The first kappa shape index (κ1) is 11.7. The molecule has 0 atom stereocenters. The second kappa shape index (κ2) is 4.70. The molecule has 0 saturated carbocycles. The Labute approximate surface area is 113 Å². The van der Waals surface area contributed by atoms with Gasteiger partial charge in [0.15, 0.2) is 11.5 Å². The zero-order valence-electron chi connectivity index (χ0n) is 9.74. The molecule has 1 aromatic carbocycles. The summed E-state index contributed by atoms with van der Waals surface area (Å²) in [5.41, 5.74) is 1.43. The van der Waals surface area contributed by atoms with Gasteiger partial charge in [-0.25, -0.2) is 9.78 Å². The number of aromatic nitrogens is 1. The lowest BCUT2D eigenvalue weighted by atomic mass is 10.2. The maximum Gasteiger partial charge on any atom is 0.358 e. The molecule has 0 saturated heterocycles. The Bertz CT molecular complexity index is 702. The highest BCUT2D eigenvalue weighted by molar-refractivity contribution is 7.08. The molecule has 0 amide bonds.